The molecule has 0 aliphatic carbocycles. The van der Waals surface area contributed by atoms with Gasteiger partial charge in [0.2, 0.25) is 0 Å². The molecule has 0 aromatic heterocycles. The first-order chi connectivity index (χ1) is 9.53. The number of alkyl halides is 1. The Morgan fingerprint density at radius 3 is 2.50 bits per heavy atom. The second-order valence-electron chi connectivity index (χ2n) is 4.87. The summed E-state index contributed by atoms with van der Waals surface area (Å²) in [7, 11) is 3.13. The Kier molecular flexibility index (Phi) is 6.85. The number of ether oxygens (including phenoxy) is 2. The van der Waals surface area contributed by atoms with Crippen molar-refractivity contribution in [3.05, 3.63) is 23.8 Å². The topological polar surface area (TPSA) is 47.6 Å². The molecular weight excluding hydrogens is 322 g/mol. The Labute approximate surface area is 129 Å². The van der Waals surface area contributed by atoms with Crippen LogP contribution in [-0.4, -0.2) is 31.5 Å². The Bertz CT molecular complexity index is 449. The van der Waals surface area contributed by atoms with Gasteiger partial charge in [0.15, 0.2) is 0 Å². The molecule has 0 aliphatic heterocycles. The molecule has 5 heteroatoms. The molecule has 1 amide bonds. The highest BCUT2D eigenvalue weighted by molar-refractivity contribution is 9.09. The third kappa shape index (κ3) is 4.40. The number of halogens is 1. The maximum Gasteiger partial charge on any atom is 0.255 e. The fraction of sp³-hybridized carbons (Fsp3) is 0.533. The van der Waals surface area contributed by atoms with Crippen molar-refractivity contribution in [2.75, 3.05) is 19.5 Å². The number of hydrogen-bond acceptors (Lipinski definition) is 3. The summed E-state index contributed by atoms with van der Waals surface area (Å²) in [6.45, 7) is 4.19. The van der Waals surface area contributed by atoms with Gasteiger partial charge in [-0.05, 0) is 24.5 Å². The van der Waals surface area contributed by atoms with Crippen LogP contribution in [-0.2, 0) is 0 Å². The van der Waals surface area contributed by atoms with Crippen LogP contribution in [0.15, 0.2) is 18.2 Å². The van der Waals surface area contributed by atoms with Gasteiger partial charge in [0.05, 0.1) is 19.8 Å². The van der Waals surface area contributed by atoms with Crippen molar-refractivity contribution >= 4 is 21.8 Å². The molecule has 1 unspecified atom stereocenters. The zero-order valence-electron chi connectivity index (χ0n) is 12.4. The summed E-state index contributed by atoms with van der Waals surface area (Å²) >= 11 is 3.42. The van der Waals surface area contributed by atoms with Crippen LogP contribution in [0.1, 0.15) is 30.6 Å². The maximum atomic E-state index is 12.4. The van der Waals surface area contributed by atoms with E-state index in [9.17, 15) is 4.79 Å². The predicted octanol–water partition coefficient (Wildman–Crippen LogP) is 3.24. The second-order valence-corrected chi connectivity index (χ2v) is 5.66. The molecule has 1 N–H and O–H groups in total. The molecule has 1 rings (SSSR count). The van der Waals surface area contributed by atoms with E-state index in [4.69, 9.17) is 9.47 Å². The van der Waals surface area contributed by atoms with Gasteiger partial charge in [-0.2, -0.15) is 0 Å². The lowest BCUT2D eigenvalue weighted by atomic mass is 10.0. The van der Waals surface area contributed by atoms with Crippen LogP contribution in [0.2, 0.25) is 0 Å². The standard InChI is InChI=1S/C15H22BrNO3/c1-10(2)13(7-8-16)17-15(18)12-6-5-11(19-3)9-14(12)20-4/h5-6,9-10,13H,7-8H2,1-4H3,(H,17,18). The number of methoxy groups -OCH3 is 2. The molecule has 0 saturated heterocycles. The lowest BCUT2D eigenvalue weighted by molar-refractivity contribution is 0.0922. The van der Waals surface area contributed by atoms with Gasteiger partial charge < -0.3 is 14.8 Å². The first kappa shape index (κ1) is 16.8. The number of rotatable bonds is 7. The van der Waals surface area contributed by atoms with E-state index < -0.39 is 0 Å². The average Bonchev–Trinajstić information content (AvgIpc) is 2.45. The van der Waals surface area contributed by atoms with E-state index in [0.29, 0.717) is 23.0 Å². The lowest BCUT2D eigenvalue weighted by Gasteiger charge is -2.22. The fourth-order valence-corrected chi connectivity index (χ4v) is 2.42. The van der Waals surface area contributed by atoms with Crippen LogP contribution in [0.25, 0.3) is 0 Å². The van der Waals surface area contributed by atoms with E-state index in [2.05, 4.69) is 35.1 Å². The van der Waals surface area contributed by atoms with Gasteiger partial charge in [-0.3, -0.25) is 4.79 Å². The molecule has 1 atom stereocenters. The quantitative estimate of drug-likeness (QED) is 0.773. The van der Waals surface area contributed by atoms with Crippen LogP contribution < -0.4 is 14.8 Å². The van der Waals surface area contributed by atoms with Gasteiger partial charge in [-0.15, -0.1) is 0 Å². The molecule has 0 spiro atoms. The Morgan fingerprint density at radius 1 is 1.30 bits per heavy atom. The highest BCUT2D eigenvalue weighted by Crippen LogP contribution is 2.24. The first-order valence-corrected chi connectivity index (χ1v) is 7.74. The Balaban J connectivity index is 2.90. The maximum absolute atomic E-state index is 12.4. The van der Waals surface area contributed by atoms with Crippen molar-refractivity contribution < 1.29 is 14.3 Å². The smallest absolute Gasteiger partial charge is 0.255 e. The van der Waals surface area contributed by atoms with E-state index in [-0.39, 0.29) is 11.9 Å². The van der Waals surface area contributed by atoms with E-state index in [1.165, 1.54) is 0 Å². The molecule has 0 radical (unpaired) electrons. The summed E-state index contributed by atoms with van der Waals surface area (Å²) in [5, 5.41) is 3.91. The second kappa shape index (κ2) is 8.15. The zero-order valence-corrected chi connectivity index (χ0v) is 14.0. The molecule has 20 heavy (non-hydrogen) atoms. The van der Waals surface area contributed by atoms with Crippen molar-refractivity contribution in [3.63, 3.8) is 0 Å². The molecule has 112 valence electrons. The third-order valence-electron chi connectivity index (χ3n) is 3.19. The SMILES string of the molecule is COc1ccc(C(=O)NC(CCBr)C(C)C)c(OC)c1. The summed E-state index contributed by atoms with van der Waals surface area (Å²) < 4.78 is 10.4. The molecule has 4 nitrogen and oxygen atoms in total. The molecular formula is C15H22BrNO3. The van der Waals surface area contributed by atoms with Gasteiger partial charge in [-0.1, -0.05) is 29.8 Å². The van der Waals surface area contributed by atoms with Gasteiger partial charge in [0.25, 0.3) is 5.91 Å². The van der Waals surface area contributed by atoms with E-state index in [0.717, 1.165) is 11.8 Å². The van der Waals surface area contributed by atoms with Crippen LogP contribution in [0.3, 0.4) is 0 Å². The minimum absolute atomic E-state index is 0.121. The summed E-state index contributed by atoms with van der Waals surface area (Å²) in [6, 6.07) is 5.32. The molecule has 1 aromatic rings. The molecule has 0 fully saturated rings. The summed E-state index contributed by atoms with van der Waals surface area (Å²) in [6.07, 6.45) is 0.891. The van der Waals surface area contributed by atoms with Gasteiger partial charge in [0, 0.05) is 17.4 Å². The number of nitrogens with one attached hydrogen (secondary N) is 1. The van der Waals surface area contributed by atoms with E-state index >= 15 is 0 Å². The number of amides is 1. The monoisotopic (exact) mass is 343 g/mol. The van der Waals surface area contributed by atoms with Crippen molar-refractivity contribution in [1.82, 2.24) is 5.32 Å². The molecule has 0 heterocycles. The summed E-state index contributed by atoms with van der Waals surface area (Å²) in [4.78, 5) is 12.4. The number of carbonyl (C=O) groups is 1. The highest BCUT2D eigenvalue weighted by atomic mass is 79.9. The largest absolute Gasteiger partial charge is 0.497 e. The van der Waals surface area contributed by atoms with Crippen LogP contribution in [0.4, 0.5) is 0 Å². The zero-order chi connectivity index (χ0) is 15.1. The van der Waals surface area contributed by atoms with Crippen LogP contribution in [0.5, 0.6) is 11.5 Å². The van der Waals surface area contributed by atoms with Crippen LogP contribution in [0, 0.1) is 5.92 Å². The van der Waals surface area contributed by atoms with E-state index in [1.807, 2.05) is 0 Å². The normalized spacial score (nSPS) is 12.1. The predicted molar refractivity (Wildman–Crippen MR) is 84.0 cm³/mol. The van der Waals surface area contributed by atoms with Crippen molar-refractivity contribution in [2.45, 2.75) is 26.3 Å². The average molecular weight is 344 g/mol. The first-order valence-electron chi connectivity index (χ1n) is 6.62. The third-order valence-corrected chi connectivity index (χ3v) is 3.65. The molecule has 1 aromatic carbocycles. The highest BCUT2D eigenvalue weighted by Gasteiger charge is 2.19. The Morgan fingerprint density at radius 2 is 2.00 bits per heavy atom. The van der Waals surface area contributed by atoms with Crippen molar-refractivity contribution in [2.24, 2.45) is 5.92 Å². The van der Waals surface area contributed by atoms with Gasteiger partial charge in [-0.25, -0.2) is 0 Å². The molecule has 0 saturated carbocycles. The minimum Gasteiger partial charge on any atom is -0.497 e. The number of benzene rings is 1. The minimum atomic E-state index is -0.121. The van der Waals surface area contributed by atoms with E-state index in [1.54, 1.807) is 32.4 Å². The van der Waals surface area contributed by atoms with Crippen molar-refractivity contribution in [1.29, 1.82) is 0 Å². The summed E-state index contributed by atoms with van der Waals surface area (Å²) in [5.41, 5.74) is 0.522. The van der Waals surface area contributed by atoms with Gasteiger partial charge in [0.1, 0.15) is 11.5 Å². The molecule has 0 aliphatic rings. The fourth-order valence-electron chi connectivity index (χ4n) is 1.92. The van der Waals surface area contributed by atoms with Gasteiger partial charge >= 0.3 is 0 Å². The molecule has 0 bridgehead atoms. The number of hydrogen-bond donors (Lipinski definition) is 1. The number of carbonyl (C=O) groups excluding carboxylic acids is 1. The van der Waals surface area contributed by atoms with Crippen molar-refractivity contribution in [3.8, 4) is 11.5 Å². The lowest BCUT2D eigenvalue weighted by Crippen LogP contribution is -2.39. The van der Waals surface area contributed by atoms with Crippen LogP contribution >= 0.6 is 15.9 Å². The summed E-state index contributed by atoms with van der Waals surface area (Å²) in [5.74, 6) is 1.44. The Hall–Kier alpha value is -1.23.